The normalized spacial score (nSPS) is 20.1. The molecule has 13 rings (SSSR count). The second kappa shape index (κ2) is 47.8. The summed E-state index contributed by atoms with van der Waals surface area (Å²) in [7, 11) is 0. The molecular weight excluding hydrogens is 1780 g/mol. The van der Waals surface area contributed by atoms with Gasteiger partial charge in [0.2, 0.25) is 65.0 Å². The summed E-state index contributed by atoms with van der Waals surface area (Å²) >= 11 is 0. The molecule has 12 aromatic rings. The number of aromatic amines is 6. The average molecular weight is 1900 g/mol. The maximum Gasteiger partial charge on any atom is 0.243 e. The van der Waals surface area contributed by atoms with Gasteiger partial charge in [0.05, 0.1) is 0 Å². The van der Waals surface area contributed by atoms with Crippen molar-refractivity contribution in [3.63, 3.8) is 0 Å². The maximum atomic E-state index is 16.4. The zero-order valence-electron chi connectivity index (χ0n) is 76.4. The molecule has 0 radical (unpaired) electrons. The Balaban J connectivity index is 0.957. The summed E-state index contributed by atoms with van der Waals surface area (Å²) < 4.78 is 0. The summed E-state index contributed by atoms with van der Waals surface area (Å²) in [4.78, 5) is 195. The topological polar surface area (TPSA) is 724 Å². The van der Waals surface area contributed by atoms with Gasteiger partial charge in [-0.25, -0.2) is 0 Å². The molecule has 0 unspecified atom stereocenters. The van der Waals surface area contributed by atoms with Gasteiger partial charge in [0.25, 0.3) is 0 Å². The highest BCUT2D eigenvalue weighted by atomic mass is 16.2. The smallest absolute Gasteiger partial charge is 0.243 e. The van der Waals surface area contributed by atoms with E-state index in [4.69, 9.17) is 55.7 Å². The number of hydrogen-bond donors (Lipinski definition) is 32. The van der Waals surface area contributed by atoms with Gasteiger partial charge in [-0.1, -0.05) is 109 Å². The van der Waals surface area contributed by atoms with Crippen LogP contribution in [0.25, 0.3) is 65.4 Å². The van der Waals surface area contributed by atoms with Crippen LogP contribution in [-0.2, 0) is 91.3 Å². The van der Waals surface area contributed by atoms with Gasteiger partial charge >= 0.3 is 0 Å². The van der Waals surface area contributed by atoms with E-state index in [2.05, 4.69) is 115 Å². The van der Waals surface area contributed by atoms with Crippen LogP contribution in [0.1, 0.15) is 97.6 Å². The summed E-state index contributed by atoms with van der Waals surface area (Å²) in [5.74, 6) is -12.6. The Morgan fingerprint density at radius 1 is 0.209 bits per heavy atom. The first-order chi connectivity index (χ1) is 67.1. The highest BCUT2D eigenvalue weighted by molar-refractivity contribution is 6.03. The fourth-order valence-corrected chi connectivity index (χ4v) is 17.4. The van der Waals surface area contributed by atoms with E-state index in [0.29, 0.717) is 98.8 Å². The molecule has 0 spiro atoms. The van der Waals surface area contributed by atoms with Crippen LogP contribution >= 0.6 is 0 Å². The minimum atomic E-state index is -1.63. The van der Waals surface area contributed by atoms with Crippen molar-refractivity contribution < 1.29 is 52.7 Å². The second-order valence-corrected chi connectivity index (χ2v) is 34.5. The largest absolute Gasteiger partial charge is 0.370 e. The quantitative estimate of drug-likeness (QED) is 0.0159. The molecule has 1 aliphatic heterocycles. The van der Waals surface area contributed by atoms with Gasteiger partial charge in [-0.2, -0.15) is 0 Å². The number of amides is 11. The van der Waals surface area contributed by atoms with Gasteiger partial charge in [0.15, 0.2) is 29.8 Å². The number of hydrogen-bond acceptors (Lipinski definition) is 16. The molecule has 1 fully saturated rings. The SMILES string of the molecule is N=C(N)NCCC[C@@H]1NC(=O)[C@H](CCCNC(=N)N)NC(=O)[C@H](CCCNC(=N)N)NC(=O)[C@H](Cc2c[nH]c3ccccc23)NC(=O)[C@H](Cc2c[nH]c3ccccc23)NC(=O)[C@H](Cc2c[nH]c3ccccc23)NC(=O)[C@H](Cc2c[nH]c3ccccc23)NC(=O)[C@H](Cc2c[nH]c3ccccc23)NC(=O)[C@H](Cc2c[nH]c3ccccc23)NC(=O)[C@H](CCCNC(=N)N)NC(=O)[C@H](CCCNC(=N)N)NC1=O. The predicted octanol–water partition coefficient (Wildman–Crippen LogP) is 0.993. The van der Waals surface area contributed by atoms with Gasteiger partial charge in [-0.15, -0.1) is 0 Å². The number of rotatable bonds is 32. The fraction of sp³-hybridized carbons (Fsp3) is 0.333. The lowest BCUT2D eigenvalue weighted by Crippen LogP contribution is -2.61. The van der Waals surface area contributed by atoms with Crippen LogP contribution in [-0.4, -0.2) is 224 Å². The van der Waals surface area contributed by atoms with Crippen LogP contribution in [0.3, 0.4) is 0 Å². The molecule has 11 atom stereocenters. The van der Waals surface area contributed by atoms with E-state index in [1.54, 1.807) is 97.8 Å². The van der Waals surface area contributed by atoms with Gasteiger partial charge < -0.3 is 144 Å². The Bertz CT molecular complexity index is 6200. The average Bonchev–Trinajstić information content (AvgIpc) is 1.73. The van der Waals surface area contributed by atoms with E-state index in [1.165, 1.54) is 0 Å². The number of guanidine groups is 5. The van der Waals surface area contributed by atoms with Crippen molar-refractivity contribution >= 4 is 160 Å². The number of aromatic nitrogens is 6. The zero-order chi connectivity index (χ0) is 98.6. The van der Waals surface area contributed by atoms with E-state index in [1.807, 2.05) is 84.9 Å². The van der Waals surface area contributed by atoms with Crippen LogP contribution in [0.5, 0.6) is 0 Å². The van der Waals surface area contributed by atoms with Crippen molar-refractivity contribution in [2.45, 2.75) is 169 Å². The predicted molar refractivity (Wildman–Crippen MR) is 529 cm³/mol. The standard InChI is InChI=1S/C96H120N32O11/c97-92(98)107-35-13-30-70-81(129)119-72(32-15-37-109-94(101)102)83(131)121-74(34-17-39-111-96(105)106)85(133)123-76(41-53-47-113-65-25-8-2-19-59(53)65)87(135)125-78(43-55-49-115-67-27-10-4-21-61(55)67)89(137)127-80(45-57-51-117-69-29-12-6-23-63(57)69)91(139)128-79(44-56-50-116-68-28-11-5-22-62(56)68)90(138)126-77(42-54-48-114-66-26-9-3-20-60(54)66)88(136)124-75(40-52-46-112-64-24-7-1-18-58(52)64)86(134)122-73(33-16-38-110-95(103)104)84(132)120-71(82(130)118-70)31-14-36-108-93(99)100/h1-12,18-29,46-51,70-80,112-117H,13-17,30-45H2,(H,118,130)(H,119,129)(H,120,132)(H,121,131)(H,122,134)(H,123,133)(H,124,136)(H,125,135)(H,126,138)(H,127,137)(H,128,139)(H4,97,98,107)(H4,99,100,108)(H4,101,102,109)(H4,103,104,110)(H4,105,106,111)/t70-,71-,72-,73-,74-,75-,76-,77-,78-,79-,80-/m0/s1. The molecule has 0 saturated carbocycles. The fourth-order valence-electron chi connectivity index (χ4n) is 17.4. The maximum absolute atomic E-state index is 16.4. The van der Waals surface area contributed by atoms with E-state index >= 15 is 52.7 Å². The molecule has 730 valence electrons. The lowest BCUT2D eigenvalue weighted by Gasteiger charge is -2.29. The first kappa shape index (κ1) is 99.6. The molecule has 43 nitrogen and oxygen atoms in total. The first-order valence-electron chi connectivity index (χ1n) is 46.1. The first-order valence-corrected chi connectivity index (χ1v) is 46.1. The van der Waals surface area contributed by atoms with Crippen LogP contribution in [0.2, 0.25) is 0 Å². The Morgan fingerprint density at radius 3 is 0.482 bits per heavy atom. The molecule has 0 aliphatic carbocycles. The van der Waals surface area contributed by atoms with E-state index in [9.17, 15) is 0 Å². The number of H-pyrrole nitrogens is 6. The Labute approximate surface area is 797 Å². The third-order valence-corrected chi connectivity index (χ3v) is 24.5. The summed E-state index contributed by atoms with van der Waals surface area (Å²) in [5.41, 5.74) is 35.8. The van der Waals surface area contributed by atoms with Crippen LogP contribution < -0.4 is 114 Å². The summed E-state index contributed by atoms with van der Waals surface area (Å²) in [6.45, 7) is -0.123. The number of carbonyl (C=O) groups excluding carboxylic acids is 11. The Morgan fingerprint density at radius 2 is 0.338 bits per heavy atom. The summed E-state index contributed by atoms with van der Waals surface area (Å²) in [5, 5.41) is 89.0. The minimum Gasteiger partial charge on any atom is -0.370 e. The third-order valence-electron chi connectivity index (χ3n) is 24.5. The number of benzene rings is 6. The number of nitrogens with two attached hydrogens (primary N) is 5. The molecule has 0 bridgehead atoms. The lowest BCUT2D eigenvalue weighted by molar-refractivity contribution is -0.136. The Kier molecular flexibility index (Phi) is 34.2. The van der Waals surface area contributed by atoms with Crippen molar-refractivity contribution in [2.75, 3.05) is 32.7 Å². The zero-order valence-corrected chi connectivity index (χ0v) is 76.4. The van der Waals surface area contributed by atoms with Crippen molar-refractivity contribution in [3.8, 4) is 0 Å². The molecule has 1 aliphatic rings. The van der Waals surface area contributed by atoms with E-state index < -0.39 is 161 Å². The number of carbonyl (C=O) groups is 11. The van der Waals surface area contributed by atoms with Crippen LogP contribution in [0, 0.1) is 27.0 Å². The molecular formula is C96H120N32O11. The lowest BCUT2D eigenvalue weighted by atomic mass is 9.99. The van der Waals surface area contributed by atoms with Crippen LogP contribution in [0.15, 0.2) is 183 Å². The van der Waals surface area contributed by atoms with Gasteiger partial charge in [0.1, 0.15) is 66.5 Å². The Hall–Kier alpha value is -16.9. The molecule has 1 saturated heterocycles. The molecule has 11 amide bonds. The highest BCUT2D eigenvalue weighted by Gasteiger charge is 2.40. The van der Waals surface area contributed by atoms with Gasteiger partial charge in [0, 0.05) is 174 Å². The molecule has 43 heteroatoms. The molecule has 6 aromatic heterocycles. The molecule has 37 N–H and O–H groups in total. The van der Waals surface area contributed by atoms with Crippen molar-refractivity contribution in [2.24, 2.45) is 28.7 Å². The molecule has 7 heterocycles. The van der Waals surface area contributed by atoms with E-state index in [0.717, 1.165) is 0 Å². The minimum absolute atomic E-state index is 0.0134. The molecule has 6 aromatic carbocycles. The van der Waals surface area contributed by atoms with Crippen molar-refractivity contribution in [1.82, 2.24) is 115 Å². The molecule has 139 heavy (non-hydrogen) atoms. The number of nitrogens with one attached hydrogen (secondary N) is 27. The van der Waals surface area contributed by atoms with Crippen molar-refractivity contribution in [1.29, 1.82) is 27.0 Å². The third kappa shape index (κ3) is 27.5. The summed E-state index contributed by atoms with van der Waals surface area (Å²) in [6.07, 6.45) is 7.34. The second-order valence-electron chi connectivity index (χ2n) is 34.5. The summed E-state index contributed by atoms with van der Waals surface area (Å²) in [6, 6.07) is 25.6. The van der Waals surface area contributed by atoms with Gasteiger partial charge in [-0.3, -0.25) is 79.8 Å². The van der Waals surface area contributed by atoms with E-state index in [-0.39, 0.29) is 135 Å². The van der Waals surface area contributed by atoms with Crippen molar-refractivity contribution in [3.05, 3.63) is 216 Å². The monoisotopic (exact) mass is 1900 g/mol. The number of para-hydroxylation sites is 6. The van der Waals surface area contributed by atoms with Crippen LogP contribution in [0.4, 0.5) is 0 Å². The number of fused-ring (bicyclic) bond motifs is 6. The van der Waals surface area contributed by atoms with Gasteiger partial charge in [-0.05, 0) is 134 Å². The highest BCUT2D eigenvalue weighted by Crippen LogP contribution is 2.28.